The van der Waals surface area contributed by atoms with E-state index in [4.69, 9.17) is 32.7 Å². The summed E-state index contributed by atoms with van der Waals surface area (Å²) in [5, 5.41) is 3.48. The first-order valence-electron chi connectivity index (χ1n) is 11.7. The number of halogens is 2. The largest absolute Gasteiger partial charge is 0.496 e. The van der Waals surface area contributed by atoms with Gasteiger partial charge in [0.25, 0.3) is 0 Å². The highest BCUT2D eigenvalue weighted by molar-refractivity contribution is 7.20. The number of hydrogen-bond acceptors (Lipinski definition) is 4. The maximum atomic E-state index is 12.7. The molecule has 1 aliphatic rings. The number of rotatable bonds is 7. The Labute approximate surface area is 224 Å². The maximum absolute atomic E-state index is 12.7. The lowest BCUT2D eigenvalue weighted by atomic mass is 9.99. The quantitative estimate of drug-likeness (QED) is 0.255. The fraction of sp³-hybridized carbons (Fsp3) is 0.207. The number of carbonyl (C=O) groups is 1. The number of thiophene rings is 1. The molecule has 36 heavy (non-hydrogen) atoms. The van der Waals surface area contributed by atoms with Crippen LogP contribution in [0.5, 0.6) is 5.75 Å². The van der Waals surface area contributed by atoms with Gasteiger partial charge < -0.3 is 9.47 Å². The average molecular weight is 538 g/mol. The molecular formula is C29H25Cl2NO3S. The van der Waals surface area contributed by atoms with Gasteiger partial charge in [0, 0.05) is 10.6 Å². The van der Waals surface area contributed by atoms with E-state index in [2.05, 4.69) is 29.6 Å². The summed E-state index contributed by atoms with van der Waals surface area (Å²) in [7, 11) is 1.66. The normalized spacial score (nSPS) is 13.8. The van der Waals surface area contributed by atoms with Gasteiger partial charge in [0.15, 0.2) is 0 Å². The zero-order valence-electron chi connectivity index (χ0n) is 19.9. The lowest BCUT2D eigenvalue weighted by Crippen LogP contribution is -2.16. The highest BCUT2D eigenvalue weighted by Crippen LogP contribution is 2.44. The molecule has 0 bridgehead atoms. The lowest BCUT2D eigenvalue weighted by Gasteiger charge is -2.15. The van der Waals surface area contributed by atoms with E-state index in [-0.39, 0.29) is 0 Å². The van der Waals surface area contributed by atoms with Gasteiger partial charge in [0.05, 0.1) is 22.0 Å². The van der Waals surface area contributed by atoms with Crippen molar-refractivity contribution in [2.75, 3.05) is 12.4 Å². The molecule has 1 amide bonds. The SMILES string of the molecule is COc1cc(-c2sc(Cl)cc2NC(=O)O[C@H](C)c2ccc(Cl)cc2)ccc1-c1ccc(C2CC2)cc1. The minimum atomic E-state index is -0.562. The van der Waals surface area contributed by atoms with Crippen LogP contribution in [0.4, 0.5) is 10.5 Å². The lowest BCUT2D eigenvalue weighted by molar-refractivity contribution is 0.121. The van der Waals surface area contributed by atoms with Crippen molar-refractivity contribution in [2.45, 2.75) is 31.8 Å². The third-order valence-electron chi connectivity index (χ3n) is 6.30. The molecule has 1 heterocycles. The second-order valence-corrected chi connectivity index (χ2v) is 10.9. The molecule has 184 valence electrons. The molecule has 1 saturated carbocycles. The van der Waals surface area contributed by atoms with Gasteiger partial charge in [-0.15, -0.1) is 11.3 Å². The van der Waals surface area contributed by atoms with Crippen molar-refractivity contribution >= 4 is 46.3 Å². The van der Waals surface area contributed by atoms with Crippen LogP contribution in [-0.4, -0.2) is 13.2 Å². The van der Waals surface area contributed by atoms with Crippen molar-refractivity contribution in [1.29, 1.82) is 0 Å². The van der Waals surface area contributed by atoms with Gasteiger partial charge in [-0.1, -0.05) is 71.7 Å². The number of anilines is 1. The minimum absolute atomic E-state index is 0.439. The monoisotopic (exact) mass is 537 g/mol. The number of ether oxygens (including phenoxy) is 2. The summed E-state index contributed by atoms with van der Waals surface area (Å²) in [4.78, 5) is 13.5. The average Bonchev–Trinajstić information content (AvgIpc) is 3.67. The first kappa shape index (κ1) is 24.7. The fourth-order valence-electron chi connectivity index (χ4n) is 4.19. The van der Waals surface area contributed by atoms with Gasteiger partial charge in [-0.05, 0) is 72.2 Å². The number of nitrogens with one attached hydrogen (secondary N) is 1. The maximum Gasteiger partial charge on any atom is 0.412 e. The van der Waals surface area contributed by atoms with Gasteiger partial charge in [-0.2, -0.15) is 0 Å². The van der Waals surface area contributed by atoms with Crippen LogP contribution in [0.25, 0.3) is 21.6 Å². The predicted molar refractivity (Wildman–Crippen MR) is 149 cm³/mol. The Morgan fingerprint density at radius 1 is 0.972 bits per heavy atom. The Balaban J connectivity index is 1.35. The number of hydrogen-bond donors (Lipinski definition) is 1. The van der Waals surface area contributed by atoms with Gasteiger partial charge >= 0.3 is 6.09 Å². The highest BCUT2D eigenvalue weighted by atomic mass is 35.5. The molecule has 4 nitrogen and oxygen atoms in total. The third-order valence-corrected chi connectivity index (χ3v) is 7.86. The summed E-state index contributed by atoms with van der Waals surface area (Å²) in [5.74, 6) is 1.47. The summed E-state index contributed by atoms with van der Waals surface area (Å²) in [6, 6.07) is 23.7. The Kier molecular flexibility index (Phi) is 7.24. The minimum Gasteiger partial charge on any atom is -0.496 e. The number of methoxy groups -OCH3 is 1. The molecule has 1 atom stereocenters. The van der Waals surface area contributed by atoms with E-state index < -0.39 is 12.2 Å². The summed E-state index contributed by atoms with van der Waals surface area (Å²) in [6.07, 6.45) is 1.56. The zero-order chi connectivity index (χ0) is 25.2. The molecule has 1 aliphatic carbocycles. The fourth-order valence-corrected chi connectivity index (χ4v) is 5.50. The topological polar surface area (TPSA) is 47.6 Å². The van der Waals surface area contributed by atoms with Crippen LogP contribution in [0.3, 0.4) is 0 Å². The van der Waals surface area contributed by atoms with Crippen LogP contribution in [0.15, 0.2) is 72.8 Å². The number of benzene rings is 3. The molecule has 7 heteroatoms. The van der Waals surface area contributed by atoms with Crippen molar-refractivity contribution in [3.8, 4) is 27.3 Å². The smallest absolute Gasteiger partial charge is 0.412 e. The van der Waals surface area contributed by atoms with Crippen molar-refractivity contribution in [1.82, 2.24) is 0 Å². The second kappa shape index (κ2) is 10.6. The van der Waals surface area contributed by atoms with Gasteiger partial charge in [0.2, 0.25) is 0 Å². The van der Waals surface area contributed by atoms with Crippen molar-refractivity contribution in [3.63, 3.8) is 0 Å². The molecule has 0 spiro atoms. The standard InChI is InChI=1S/C29H25Cl2NO3S/c1-17(18-9-12-23(30)13-10-18)35-29(33)32-25-16-27(31)36-28(25)22-11-14-24(26(15-22)34-2)21-7-5-20(6-8-21)19-3-4-19/h5-17,19H,3-4H2,1-2H3,(H,32,33)/t17-/m1/s1. The van der Waals surface area contributed by atoms with Crippen LogP contribution < -0.4 is 10.1 Å². The number of carbonyl (C=O) groups excluding carboxylic acids is 1. The third kappa shape index (κ3) is 5.54. The van der Waals surface area contributed by atoms with E-state index in [1.54, 1.807) is 25.3 Å². The van der Waals surface area contributed by atoms with Gasteiger partial charge in [0.1, 0.15) is 11.9 Å². The summed E-state index contributed by atoms with van der Waals surface area (Å²) in [5.41, 5.74) is 5.84. The molecule has 1 aromatic heterocycles. The predicted octanol–water partition coefficient (Wildman–Crippen LogP) is 9.58. The van der Waals surface area contributed by atoms with Crippen LogP contribution in [-0.2, 0) is 4.74 Å². The molecule has 0 unspecified atom stereocenters. The Morgan fingerprint density at radius 3 is 2.33 bits per heavy atom. The molecular weight excluding hydrogens is 513 g/mol. The van der Waals surface area contributed by atoms with Gasteiger partial charge in [-0.25, -0.2) is 4.79 Å². The Hall–Kier alpha value is -2.99. The summed E-state index contributed by atoms with van der Waals surface area (Å²) >= 11 is 13.7. The van der Waals surface area contributed by atoms with E-state index >= 15 is 0 Å². The summed E-state index contributed by atoms with van der Waals surface area (Å²) in [6.45, 7) is 1.81. The van der Waals surface area contributed by atoms with E-state index in [1.165, 1.54) is 29.7 Å². The molecule has 3 aromatic carbocycles. The molecule has 1 fully saturated rings. The Morgan fingerprint density at radius 2 is 1.67 bits per heavy atom. The first-order chi connectivity index (χ1) is 17.4. The first-order valence-corrected chi connectivity index (χ1v) is 13.3. The van der Waals surface area contributed by atoms with E-state index in [1.807, 2.05) is 37.3 Å². The number of amides is 1. The molecule has 0 radical (unpaired) electrons. The van der Waals surface area contributed by atoms with E-state index in [0.717, 1.165) is 38.8 Å². The van der Waals surface area contributed by atoms with Crippen molar-refractivity contribution in [3.05, 3.63) is 93.3 Å². The molecule has 5 rings (SSSR count). The molecule has 4 aromatic rings. The Bertz CT molecular complexity index is 1380. The highest BCUT2D eigenvalue weighted by Gasteiger charge is 2.23. The zero-order valence-corrected chi connectivity index (χ0v) is 22.2. The summed E-state index contributed by atoms with van der Waals surface area (Å²) < 4.78 is 11.9. The molecule has 0 saturated heterocycles. The van der Waals surface area contributed by atoms with Crippen molar-refractivity contribution in [2.24, 2.45) is 0 Å². The second-order valence-electron chi connectivity index (χ2n) is 8.83. The van der Waals surface area contributed by atoms with Crippen molar-refractivity contribution < 1.29 is 14.3 Å². The van der Waals surface area contributed by atoms with E-state index in [9.17, 15) is 4.79 Å². The molecule has 1 N–H and O–H groups in total. The molecule has 0 aliphatic heterocycles. The van der Waals surface area contributed by atoms with Crippen LogP contribution in [0.2, 0.25) is 9.36 Å². The van der Waals surface area contributed by atoms with Crippen LogP contribution >= 0.6 is 34.5 Å². The van der Waals surface area contributed by atoms with Gasteiger partial charge in [-0.3, -0.25) is 5.32 Å². The van der Waals surface area contributed by atoms with Crippen LogP contribution in [0.1, 0.15) is 42.9 Å². The van der Waals surface area contributed by atoms with E-state index in [0.29, 0.717) is 15.0 Å². The van der Waals surface area contributed by atoms with Crippen LogP contribution in [0, 0.1) is 0 Å².